The third-order valence-corrected chi connectivity index (χ3v) is 4.47. The first-order valence-electron chi connectivity index (χ1n) is 9.12. The van der Waals surface area contributed by atoms with Crippen molar-refractivity contribution in [1.29, 1.82) is 0 Å². The van der Waals surface area contributed by atoms with Crippen molar-refractivity contribution in [3.8, 4) is 11.5 Å². The average molecular weight is 369 g/mol. The van der Waals surface area contributed by atoms with Gasteiger partial charge in [0, 0.05) is 32.8 Å². The number of nitrogens with one attached hydrogen (secondary N) is 1. The van der Waals surface area contributed by atoms with Crippen molar-refractivity contribution in [1.82, 2.24) is 10.2 Å². The summed E-state index contributed by atoms with van der Waals surface area (Å²) in [4.78, 5) is 2.08. The molecule has 0 unspecified atom stereocenters. The minimum Gasteiger partial charge on any atom is -0.493 e. The molecule has 0 amide bonds. The fourth-order valence-corrected chi connectivity index (χ4v) is 2.30. The summed E-state index contributed by atoms with van der Waals surface area (Å²) in [5.41, 5.74) is 0.896. The molecule has 6 heteroatoms. The predicted molar refractivity (Wildman–Crippen MR) is 105 cm³/mol. The maximum atomic E-state index is 10.1. The highest BCUT2D eigenvalue weighted by Gasteiger charge is 2.16. The van der Waals surface area contributed by atoms with Crippen LogP contribution in [0, 0.1) is 0 Å². The Hall–Kier alpha value is -1.34. The molecular weight excluding hydrogens is 332 g/mol. The predicted octanol–water partition coefficient (Wildman–Crippen LogP) is 2.29. The summed E-state index contributed by atoms with van der Waals surface area (Å²) in [5.74, 6) is 1.31. The van der Waals surface area contributed by atoms with Gasteiger partial charge in [-0.15, -0.1) is 0 Å². The lowest BCUT2D eigenvalue weighted by Crippen LogP contribution is -2.37. The van der Waals surface area contributed by atoms with Gasteiger partial charge in [-0.1, -0.05) is 6.07 Å². The molecule has 2 N–H and O–H groups in total. The third kappa shape index (κ3) is 7.91. The van der Waals surface area contributed by atoms with Crippen LogP contribution in [0.2, 0.25) is 0 Å². The lowest BCUT2D eigenvalue weighted by atomic mass is 10.1. The zero-order chi connectivity index (χ0) is 19.7. The molecule has 0 spiro atoms. The summed E-state index contributed by atoms with van der Waals surface area (Å²) in [6.07, 6.45) is -0.551. The highest BCUT2D eigenvalue weighted by molar-refractivity contribution is 5.43. The normalized spacial score (nSPS) is 13.3. The molecule has 0 aromatic heterocycles. The van der Waals surface area contributed by atoms with E-state index in [1.807, 2.05) is 39.1 Å². The van der Waals surface area contributed by atoms with Gasteiger partial charge >= 0.3 is 0 Å². The van der Waals surface area contributed by atoms with E-state index in [1.54, 1.807) is 14.2 Å². The molecule has 6 nitrogen and oxygen atoms in total. The Bertz CT molecular complexity index is 535. The molecule has 1 atom stereocenters. The molecule has 0 saturated heterocycles. The van der Waals surface area contributed by atoms with E-state index in [4.69, 9.17) is 14.2 Å². The number of hydrogen-bond acceptors (Lipinski definition) is 6. The number of likely N-dealkylation sites (N-methyl/N-ethyl adjacent to an activating group) is 1. The van der Waals surface area contributed by atoms with Crippen LogP contribution in [0.25, 0.3) is 0 Å². The standard InChI is InChI=1S/C20H36N2O4/c1-15(2)22(5)12-17(23)13-26-18-9-8-16(10-19(18)24-6)11-21-14-20(3,4)25-7/h8-10,15,17,21,23H,11-14H2,1-7H3/t17-/m0/s1. The molecule has 0 aliphatic heterocycles. The van der Waals surface area contributed by atoms with Gasteiger partial charge in [0.05, 0.1) is 12.7 Å². The largest absolute Gasteiger partial charge is 0.493 e. The average Bonchev–Trinajstić information content (AvgIpc) is 2.60. The van der Waals surface area contributed by atoms with Gasteiger partial charge in [0.2, 0.25) is 0 Å². The summed E-state index contributed by atoms with van der Waals surface area (Å²) in [6.45, 7) is 10.5. The fourth-order valence-electron chi connectivity index (χ4n) is 2.30. The van der Waals surface area contributed by atoms with Crippen LogP contribution in [0.15, 0.2) is 18.2 Å². The molecule has 0 saturated carbocycles. The van der Waals surface area contributed by atoms with Crippen molar-refractivity contribution in [2.24, 2.45) is 0 Å². The minimum absolute atomic E-state index is 0.202. The molecule has 0 radical (unpaired) electrons. The number of aliphatic hydroxyl groups is 1. The molecule has 0 fully saturated rings. The van der Waals surface area contributed by atoms with E-state index in [2.05, 4.69) is 24.1 Å². The molecular formula is C20H36N2O4. The molecule has 0 heterocycles. The molecule has 0 aliphatic carbocycles. The van der Waals surface area contributed by atoms with Crippen molar-refractivity contribution >= 4 is 0 Å². The smallest absolute Gasteiger partial charge is 0.161 e. The van der Waals surface area contributed by atoms with E-state index < -0.39 is 6.10 Å². The quantitative estimate of drug-likeness (QED) is 0.590. The fraction of sp³-hybridized carbons (Fsp3) is 0.700. The first-order chi connectivity index (χ1) is 12.2. The molecule has 0 aliphatic rings. The van der Waals surface area contributed by atoms with Gasteiger partial charge in [0.15, 0.2) is 11.5 Å². The van der Waals surface area contributed by atoms with Crippen molar-refractivity contribution in [3.05, 3.63) is 23.8 Å². The molecule has 1 aromatic carbocycles. The van der Waals surface area contributed by atoms with Gasteiger partial charge in [-0.3, -0.25) is 0 Å². The summed E-state index contributed by atoms with van der Waals surface area (Å²) in [6, 6.07) is 6.22. The lowest BCUT2D eigenvalue weighted by molar-refractivity contribution is 0.0230. The lowest BCUT2D eigenvalue weighted by Gasteiger charge is -2.24. The van der Waals surface area contributed by atoms with Crippen molar-refractivity contribution in [2.75, 3.05) is 41.0 Å². The summed E-state index contributed by atoms with van der Waals surface area (Å²) in [5, 5.41) is 13.5. The van der Waals surface area contributed by atoms with Crippen LogP contribution in [0.3, 0.4) is 0 Å². The van der Waals surface area contributed by atoms with E-state index in [-0.39, 0.29) is 12.2 Å². The van der Waals surface area contributed by atoms with Gasteiger partial charge < -0.3 is 29.5 Å². The second kappa shape index (κ2) is 10.7. The Balaban J connectivity index is 2.57. The molecule has 150 valence electrons. The second-order valence-electron chi connectivity index (χ2n) is 7.55. The molecule has 1 rings (SSSR count). The zero-order valence-electron chi connectivity index (χ0n) is 17.3. The Morgan fingerprint density at radius 1 is 1.19 bits per heavy atom. The Morgan fingerprint density at radius 3 is 2.46 bits per heavy atom. The first kappa shape index (κ1) is 22.7. The van der Waals surface area contributed by atoms with E-state index in [0.29, 0.717) is 30.6 Å². The van der Waals surface area contributed by atoms with Crippen molar-refractivity contribution in [2.45, 2.75) is 52.0 Å². The van der Waals surface area contributed by atoms with Crippen LogP contribution >= 0.6 is 0 Å². The van der Waals surface area contributed by atoms with Crippen LogP contribution in [0.1, 0.15) is 33.3 Å². The van der Waals surface area contributed by atoms with Gasteiger partial charge in [-0.05, 0) is 52.4 Å². The highest BCUT2D eigenvalue weighted by atomic mass is 16.5. The monoisotopic (exact) mass is 368 g/mol. The Morgan fingerprint density at radius 2 is 1.88 bits per heavy atom. The number of benzene rings is 1. The van der Waals surface area contributed by atoms with Crippen LogP contribution < -0.4 is 14.8 Å². The van der Waals surface area contributed by atoms with E-state index in [9.17, 15) is 5.11 Å². The highest BCUT2D eigenvalue weighted by Crippen LogP contribution is 2.28. The van der Waals surface area contributed by atoms with Gasteiger partial charge in [-0.25, -0.2) is 0 Å². The maximum absolute atomic E-state index is 10.1. The van der Waals surface area contributed by atoms with Crippen molar-refractivity contribution < 1.29 is 19.3 Å². The van der Waals surface area contributed by atoms with Crippen LogP contribution in [0.5, 0.6) is 11.5 Å². The number of aliphatic hydroxyl groups excluding tert-OH is 1. The van der Waals surface area contributed by atoms with Gasteiger partial charge in [0.1, 0.15) is 12.7 Å². The molecule has 1 aromatic rings. The number of nitrogens with zero attached hydrogens (tertiary/aromatic N) is 1. The third-order valence-electron chi connectivity index (χ3n) is 4.47. The van der Waals surface area contributed by atoms with E-state index >= 15 is 0 Å². The second-order valence-corrected chi connectivity index (χ2v) is 7.55. The molecule has 0 bridgehead atoms. The Labute approximate surface area is 158 Å². The van der Waals surface area contributed by atoms with E-state index in [1.165, 1.54) is 0 Å². The molecule has 26 heavy (non-hydrogen) atoms. The first-order valence-corrected chi connectivity index (χ1v) is 9.12. The zero-order valence-corrected chi connectivity index (χ0v) is 17.3. The van der Waals surface area contributed by atoms with Gasteiger partial charge in [0.25, 0.3) is 0 Å². The van der Waals surface area contributed by atoms with Crippen LogP contribution in [-0.2, 0) is 11.3 Å². The van der Waals surface area contributed by atoms with Gasteiger partial charge in [-0.2, -0.15) is 0 Å². The number of methoxy groups -OCH3 is 2. The van der Waals surface area contributed by atoms with E-state index in [0.717, 1.165) is 12.1 Å². The number of hydrogen-bond donors (Lipinski definition) is 2. The SMILES string of the molecule is COc1cc(CNCC(C)(C)OC)ccc1OC[C@@H](O)CN(C)C(C)C. The number of rotatable bonds is 12. The summed E-state index contributed by atoms with van der Waals surface area (Å²) < 4.78 is 16.6. The topological polar surface area (TPSA) is 63.2 Å². The Kier molecular flexibility index (Phi) is 9.36. The summed E-state index contributed by atoms with van der Waals surface area (Å²) >= 11 is 0. The van der Waals surface area contributed by atoms with Crippen molar-refractivity contribution in [3.63, 3.8) is 0 Å². The van der Waals surface area contributed by atoms with Crippen LogP contribution in [-0.4, -0.2) is 68.7 Å². The van der Waals surface area contributed by atoms with Crippen LogP contribution in [0.4, 0.5) is 0 Å². The minimum atomic E-state index is -0.551. The maximum Gasteiger partial charge on any atom is 0.161 e. The summed E-state index contributed by atoms with van der Waals surface area (Å²) in [7, 11) is 5.32. The number of ether oxygens (including phenoxy) is 3.